The van der Waals surface area contributed by atoms with Crippen LogP contribution in [0.4, 0.5) is 9.39 Å². The average Bonchev–Trinajstić information content (AvgIpc) is 3.27. The van der Waals surface area contributed by atoms with Crippen molar-refractivity contribution in [2.24, 2.45) is 4.99 Å². The number of benzene rings is 1. The van der Waals surface area contributed by atoms with E-state index >= 15 is 0 Å². The van der Waals surface area contributed by atoms with Crippen molar-refractivity contribution in [3.63, 3.8) is 0 Å². The Morgan fingerprint density at radius 3 is 2.63 bits per heavy atom. The zero-order valence-corrected chi connectivity index (χ0v) is 20.2. The van der Waals surface area contributed by atoms with Gasteiger partial charge in [0, 0.05) is 32.2 Å². The van der Waals surface area contributed by atoms with Crippen LogP contribution in [0.15, 0.2) is 46.8 Å². The summed E-state index contributed by atoms with van der Waals surface area (Å²) >= 11 is 1.78. The van der Waals surface area contributed by atoms with Crippen molar-refractivity contribution in [1.82, 2.24) is 16.0 Å². The Bertz CT molecular complexity index is 809. The fourth-order valence-electron chi connectivity index (χ4n) is 3.29. The van der Waals surface area contributed by atoms with Gasteiger partial charge in [0.2, 0.25) is 0 Å². The highest BCUT2D eigenvalue weighted by Gasteiger charge is 2.20. The minimum Gasteiger partial charge on any atom is -0.363 e. The third-order valence-electron chi connectivity index (χ3n) is 4.78. The fourth-order valence-corrected chi connectivity index (χ4v) is 4.07. The van der Waals surface area contributed by atoms with Gasteiger partial charge in [0.15, 0.2) is 5.96 Å². The Kier molecular flexibility index (Phi) is 10.4. The van der Waals surface area contributed by atoms with E-state index in [2.05, 4.69) is 43.4 Å². The summed E-state index contributed by atoms with van der Waals surface area (Å²) in [5, 5.41) is 12.9. The molecule has 9 heteroatoms. The molecule has 3 N–H and O–H groups in total. The van der Waals surface area contributed by atoms with Gasteiger partial charge in [-0.05, 0) is 49.4 Å². The molecule has 0 bridgehead atoms. The molecule has 164 valence electrons. The molecular formula is C21H29FIN5OS. The molecule has 2 aromatic rings. The molecular weight excluding hydrogens is 516 g/mol. The summed E-state index contributed by atoms with van der Waals surface area (Å²) in [7, 11) is 0. The molecule has 1 saturated heterocycles. The number of anilines is 1. The van der Waals surface area contributed by atoms with Gasteiger partial charge in [0.25, 0.3) is 5.91 Å². The van der Waals surface area contributed by atoms with Gasteiger partial charge in [-0.15, -0.1) is 35.3 Å². The van der Waals surface area contributed by atoms with Crippen molar-refractivity contribution in [2.75, 3.05) is 37.6 Å². The van der Waals surface area contributed by atoms with Gasteiger partial charge < -0.3 is 20.9 Å². The molecule has 3 rings (SSSR count). The van der Waals surface area contributed by atoms with Crippen LogP contribution >= 0.6 is 35.3 Å². The van der Waals surface area contributed by atoms with Crippen LogP contribution in [0.25, 0.3) is 0 Å². The van der Waals surface area contributed by atoms with Gasteiger partial charge in [0.1, 0.15) is 5.82 Å². The van der Waals surface area contributed by atoms with Gasteiger partial charge in [-0.1, -0.05) is 12.1 Å². The van der Waals surface area contributed by atoms with Gasteiger partial charge in [-0.3, -0.25) is 9.79 Å². The average molecular weight is 545 g/mol. The molecule has 0 saturated carbocycles. The van der Waals surface area contributed by atoms with E-state index in [0.29, 0.717) is 19.1 Å². The van der Waals surface area contributed by atoms with Crippen LogP contribution in [0.5, 0.6) is 0 Å². The maximum Gasteiger partial charge on any atom is 0.254 e. The number of carbonyl (C=O) groups is 1. The number of halogens is 2. The second-order valence-corrected chi connectivity index (χ2v) is 7.78. The number of nitrogens with zero attached hydrogens (tertiary/aromatic N) is 2. The van der Waals surface area contributed by atoms with E-state index in [4.69, 9.17) is 0 Å². The van der Waals surface area contributed by atoms with Gasteiger partial charge >= 0.3 is 0 Å². The van der Waals surface area contributed by atoms with Crippen molar-refractivity contribution >= 4 is 52.2 Å². The second kappa shape index (κ2) is 12.7. The highest BCUT2D eigenvalue weighted by atomic mass is 127. The summed E-state index contributed by atoms with van der Waals surface area (Å²) in [5.74, 6) is -0.183. The molecule has 6 nitrogen and oxygen atoms in total. The molecule has 1 aromatic heterocycles. The van der Waals surface area contributed by atoms with Crippen LogP contribution in [0.2, 0.25) is 0 Å². The number of rotatable bonds is 7. The first-order valence-corrected chi connectivity index (χ1v) is 10.9. The maximum atomic E-state index is 13.6. The third kappa shape index (κ3) is 7.12. The van der Waals surface area contributed by atoms with Gasteiger partial charge in [0.05, 0.1) is 17.1 Å². The summed E-state index contributed by atoms with van der Waals surface area (Å²) in [4.78, 5) is 19.0. The quantitative estimate of drug-likeness (QED) is 0.216. The van der Waals surface area contributed by atoms with Crippen LogP contribution in [-0.4, -0.2) is 50.6 Å². The van der Waals surface area contributed by atoms with E-state index < -0.39 is 11.7 Å². The molecule has 0 spiro atoms. The number of piperidine rings is 1. The minimum absolute atomic E-state index is 0. The predicted molar refractivity (Wildman–Crippen MR) is 133 cm³/mol. The van der Waals surface area contributed by atoms with E-state index in [0.717, 1.165) is 38.4 Å². The lowest BCUT2D eigenvalue weighted by Crippen LogP contribution is -2.48. The molecule has 0 atom stereocenters. The number of nitrogens with one attached hydrogen (secondary N) is 3. The van der Waals surface area contributed by atoms with Crippen LogP contribution < -0.4 is 20.9 Å². The van der Waals surface area contributed by atoms with E-state index in [9.17, 15) is 9.18 Å². The monoisotopic (exact) mass is 545 g/mol. The molecule has 1 amide bonds. The molecule has 1 aliphatic heterocycles. The van der Waals surface area contributed by atoms with Gasteiger partial charge in [-0.25, -0.2) is 4.39 Å². The van der Waals surface area contributed by atoms with Crippen molar-refractivity contribution in [2.45, 2.75) is 25.8 Å². The van der Waals surface area contributed by atoms with E-state index in [-0.39, 0.29) is 29.5 Å². The molecule has 1 fully saturated rings. The van der Waals surface area contributed by atoms with Crippen LogP contribution in [0, 0.1) is 5.82 Å². The molecule has 0 radical (unpaired) electrons. The number of aliphatic imine (C=N–C) groups is 1. The molecule has 2 heterocycles. The number of carbonyl (C=O) groups excluding carboxylic acids is 1. The lowest BCUT2D eigenvalue weighted by atomic mass is 10.1. The molecule has 1 aliphatic rings. The second-order valence-electron chi connectivity index (χ2n) is 6.85. The summed E-state index contributed by atoms with van der Waals surface area (Å²) in [5.41, 5.74) is 0.0546. The van der Waals surface area contributed by atoms with Crippen molar-refractivity contribution in [3.05, 3.63) is 53.2 Å². The summed E-state index contributed by atoms with van der Waals surface area (Å²) in [6, 6.07) is 10.6. The molecule has 0 unspecified atom stereocenters. The molecule has 0 aliphatic carbocycles. The standard InChI is InChI=1S/C21H28FN5OS.HI/c1-2-23-21(25-12-11-24-20(28)17-6-3-4-7-18(17)22)26-16-9-13-27(14-10-16)19-8-5-15-29-19;/h3-8,15-16H,2,9-14H2,1H3,(H,24,28)(H2,23,25,26);1H. The summed E-state index contributed by atoms with van der Waals surface area (Å²) < 4.78 is 13.6. The first-order valence-electron chi connectivity index (χ1n) is 10.0. The number of guanidine groups is 1. The smallest absolute Gasteiger partial charge is 0.254 e. The SMILES string of the molecule is CCNC(=NCCNC(=O)c1ccccc1F)NC1CCN(c2cccs2)CC1.I. The Balaban J connectivity index is 0.00000320. The number of hydrogen-bond acceptors (Lipinski definition) is 4. The number of hydrogen-bond donors (Lipinski definition) is 3. The predicted octanol–water partition coefficient (Wildman–Crippen LogP) is 3.46. The zero-order valence-electron chi connectivity index (χ0n) is 17.1. The van der Waals surface area contributed by atoms with E-state index in [1.54, 1.807) is 23.5 Å². The maximum absolute atomic E-state index is 13.6. The Hall–Kier alpha value is -1.88. The molecule has 30 heavy (non-hydrogen) atoms. The minimum atomic E-state index is -0.516. The molecule has 1 aromatic carbocycles. The van der Waals surface area contributed by atoms with Crippen LogP contribution in [0.3, 0.4) is 0 Å². The topological polar surface area (TPSA) is 68.8 Å². The summed E-state index contributed by atoms with van der Waals surface area (Å²) in [6.07, 6.45) is 2.10. The zero-order chi connectivity index (χ0) is 20.5. The third-order valence-corrected chi connectivity index (χ3v) is 5.71. The largest absolute Gasteiger partial charge is 0.363 e. The highest BCUT2D eigenvalue weighted by molar-refractivity contribution is 14.0. The van der Waals surface area contributed by atoms with E-state index in [1.165, 1.54) is 17.1 Å². The first-order chi connectivity index (χ1) is 14.2. The van der Waals surface area contributed by atoms with E-state index in [1.807, 2.05) is 6.92 Å². The van der Waals surface area contributed by atoms with Crippen LogP contribution in [0.1, 0.15) is 30.1 Å². The Morgan fingerprint density at radius 1 is 1.20 bits per heavy atom. The fraction of sp³-hybridized carbons (Fsp3) is 0.429. The van der Waals surface area contributed by atoms with Crippen LogP contribution in [-0.2, 0) is 0 Å². The van der Waals surface area contributed by atoms with Crippen molar-refractivity contribution in [3.8, 4) is 0 Å². The first kappa shape index (κ1) is 24.4. The van der Waals surface area contributed by atoms with Gasteiger partial charge in [-0.2, -0.15) is 0 Å². The lowest BCUT2D eigenvalue weighted by molar-refractivity contribution is 0.0951. The number of thiophene rings is 1. The van der Waals surface area contributed by atoms with Crippen molar-refractivity contribution in [1.29, 1.82) is 0 Å². The highest BCUT2D eigenvalue weighted by Crippen LogP contribution is 2.24. The summed E-state index contributed by atoms with van der Waals surface area (Å²) in [6.45, 7) is 5.61. The normalized spacial score (nSPS) is 14.7. The number of amides is 1. The Labute approximate surface area is 198 Å². The Morgan fingerprint density at radius 2 is 1.97 bits per heavy atom. The van der Waals surface area contributed by atoms with Crippen molar-refractivity contribution < 1.29 is 9.18 Å². The lowest BCUT2D eigenvalue weighted by Gasteiger charge is -2.33.